The van der Waals surface area contributed by atoms with Gasteiger partial charge in [0.25, 0.3) is 0 Å². The minimum atomic E-state index is -0.357. The SMILES string of the molecule is CCOc1ccccc1NC(=O)[C@H](c1ccccc1)N1CCN(c2ccccc2C)CC1. The molecule has 3 aromatic carbocycles. The minimum absolute atomic E-state index is 0.0345. The normalized spacial score (nSPS) is 15.2. The molecule has 1 heterocycles. The van der Waals surface area contributed by atoms with Crippen LogP contribution in [0.25, 0.3) is 0 Å². The summed E-state index contributed by atoms with van der Waals surface area (Å²) < 4.78 is 5.71. The number of piperazine rings is 1. The zero-order valence-electron chi connectivity index (χ0n) is 18.8. The van der Waals surface area contributed by atoms with Gasteiger partial charge in [-0.3, -0.25) is 9.69 Å². The second-order valence-corrected chi connectivity index (χ2v) is 8.04. The number of aryl methyl sites for hydroxylation is 1. The number of amides is 1. The highest BCUT2D eigenvalue weighted by Crippen LogP contribution is 2.29. The number of hydrogen-bond acceptors (Lipinski definition) is 4. The number of rotatable bonds is 7. The number of carbonyl (C=O) groups excluding carboxylic acids is 1. The van der Waals surface area contributed by atoms with Gasteiger partial charge in [-0.05, 0) is 43.2 Å². The van der Waals surface area contributed by atoms with Gasteiger partial charge in [-0.2, -0.15) is 0 Å². The topological polar surface area (TPSA) is 44.8 Å². The molecule has 5 nitrogen and oxygen atoms in total. The Morgan fingerprint density at radius 3 is 2.28 bits per heavy atom. The molecule has 1 fully saturated rings. The summed E-state index contributed by atoms with van der Waals surface area (Å²) in [7, 11) is 0. The predicted octanol–water partition coefficient (Wildman–Crippen LogP) is 4.90. The van der Waals surface area contributed by atoms with Crippen LogP contribution >= 0.6 is 0 Å². The van der Waals surface area contributed by atoms with E-state index in [0.717, 1.165) is 31.7 Å². The quantitative estimate of drug-likeness (QED) is 0.581. The van der Waals surface area contributed by atoms with E-state index in [4.69, 9.17) is 4.74 Å². The summed E-state index contributed by atoms with van der Waals surface area (Å²) in [6.45, 7) is 8.05. The Morgan fingerprint density at radius 1 is 0.906 bits per heavy atom. The highest BCUT2D eigenvalue weighted by atomic mass is 16.5. The predicted molar refractivity (Wildman–Crippen MR) is 130 cm³/mol. The van der Waals surface area contributed by atoms with Crippen LogP contribution in [0, 0.1) is 6.92 Å². The first-order valence-electron chi connectivity index (χ1n) is 11.3. The van der Waals surface area contributed by atoms with Gasteiger partial charge in [0.15, 0.2) is 0 Å². The van der Waals surface area contributed by atoms with Crippen LogP contribution in [0.2, 0.25) is 0 Å². The monoisotopic (exact) mass is 429 g/mol. The van der Waals surface area contributed by atoms with Gasteiger partial charge in [-0.15, -0.1) is 0 Å². The molecule has 0 aromatic heterocycles. The molecular weight excluding hydrogens is 398 g/mol. The number of ether oxygens (including phenoxy) is 1. The summed E-state index contributed by atoms with van der Waals surface area (Å²) in [4.78, 5) is 18.2. The van der Waals surface area contributed by atoms with Gasteiger partial charge in [0.1, 0.15) is 11.8 Å². The molecule has 0 aliphatic carbocycles. The average Bonchev–Trinajstić information content (AvgIpc) is 2.82. The lowest BCUT2D eigenvalue weighted by atomic mass is 10.0. The third kappa shape index (κ3) is 4.94. The lowest BCUT2D eigenvalue weighted by Crippen LogP contribution is -2.50. The van der Waals surface area contributed by atoms with Gasteiger partial charge in [-0.1, -0.05) is 60.7 Å². The Kier molecular flexibility index (Phi) is 7.07. The first kappa shape index (κ1) is 21.9. The molecule has 4 rings (SSSR count). The van der Waals surface area contributed by atoms with Crippen LogP contribution < -0.4 is 15.0 Å². The molecule has 0 unspecified atom stereocenters. The molecule has 0 spiro atoms. The van der Waals surface area contributed by atoms with Crippen LogP contribution in [0.15, 0.2) is 78.9 Å². The van der Waals surface area contributed by atoms with Crippen LogP contribution in [0.5, 0.6) is 5.75 Å². The van der Waals surface area contributed by atoms with Crippen molar-refractivity contribution in [3.05, 3.63) is 90.0 Å². The molecule has 0 saturated carbocycles. The maximum atomic E-state index is 13.6. The second-order valence-electron chi connectivity index (χ2n) is 8.04. The summed E-state index contributed by atoms with van der Waals surface area (Å²) in [5, 5.41) is 3.12. The van der Waals surface area contributed by atoms with E-state index < -0.39 is 0 Å². The van der Waals surface area contributed by atoms with E-state index in [1.807, 2.05) is 61.5 Å². The molecule has 1 N–H and O–H groups in total. The lowest BCUT2D eigenvalue weighted by molar-refractivity contribution is -0.121. The maximum Gasteiger partial charge on any atom is 0.246 e. The summed E-state index contributed by atoms with van der Waals surface area (Å²) in [5.74, 6) is 0.659. The van der Waals surface area contributed by atoms with Crippen molar-refractivity contribution in [2.24, 2.45) is 0 Å². The molecule has 1 aliphatic rings. The zero-order chi connectivity index (χ0) is 22.3. The molecular formula is C27H31N3O2. The first-order chi connectivity index (χ1) is 15.7. The highest BCUT2D eigenvalue weighted by molar-refractivity contribution is 5.96. The van der Waals surface area contributed by atoms with Crippen LogP contribution in [-0.4, -0.2) is 43.6 Å². The smallest absolute Gasteiger partial charge is 0.246 e. The third-order valence-electron chi connectivity index (χ3n) is 5.94. The molecule has 32 heavy (non-hydrogen) atoms. The molecule has 0 radical (unpaired) electrons. The zero-order valence-corrected chi connectivity index (χ0v) is 18.8. The van der Waals surface area contributed by atoms with Crippen molar-refractivity contribution < 1.29 is 9.53 Å². The number of nitrogens with one attached hydrogen (secondary N) is 1. The van der Waals surface area contributed by atoms with Gasteiger partial charge >= 0.3 is 0 Å². The summed E-state index contributed by atoms with van der Waals surface area (Å²) in [5.41, 5.74) is 4.27. The summed E-state index contributed by atoms with van der Waals surface area (Å²) in [6.07, 6.45) is 0. The Bertz CT molecular complexity index is 1030. The third-order valence-corrected chi connectivity index (χ3v) is 5.94. The molecule has 1 amide bonds. The number of carbonyl (C=O) groups is 1. The van der Waals surface area contributed by atoms with Crippen molar-refractivity contribution in [2.75, 3.05) is 43.0 Å². The second kappa shape index (κ2) is 10.3. The van der Waals surface area contributed by atoms with Crippen molar-refractivity contribution in [3.8, 4) is 5.75 Å². The van der Waals surface area contributed by atoms with Gasteiger partial charge < -0.3 is 15.0 Å². The fourth-order valence-electron chi connectivity index (χ4n) is 4.35. The molecule has 0 bridgehead atoms. The van der Waals surface area contributed by atoms with E-state index in [1.165, 1.54) is 11.3 Å². The van der Waals surface area contributed by atoms with Crippen LogP contribution in [0.4, 0.5) is 11.4 Å². The van der Waals surface area contributed by atoms with Crippen molar-refractivity contribution in [1.29, 1.82) is 0 Å². The van der Waals surface area contributed by atoms with Crippen molar-refractivity contribution in [3.63, 3.8) is 0 Å². The van der Waals surface area contributed by atoms with Crippen molar-refractivity contribution >= 4 is 17.3 Å². The van der Waals surface area contributed by atoms with E-state index >= 15 is 0 Å². The molecule has 5 heteroatoms. The Balaban J connectivity index is 1.53. The number of para-hydroxylation sites is 3. The summed E-state index contributed by atoms with van der Waals surface area (Å²) in [6, 6.07) is 25.8. The lowest BCUT2D eigenvalue weighted by Gasteiger charge is -2.40. The molecule has 1 aliphatic heterocycles. The van der Waals surface area contributed by atoms with Gasteiger partial charge in [0.05, 0.1) is 12.3 Å². The Morgan fingerprint density at radius 2 is 1.56 bits per heavy atom. The van der Waals surface area contributed by atoms with E-state index in [2.05, 4.69) is 46.3 Å². The van der Waals surface area contributed by atoms with Gasteiger partial charge in [0, 0.05) is 31.9 Å². The van der Waals surface area contributed by atoms with Gasteiger partial charge in [0.2, 0.25) is 5.91 Å². The van der Waals surface area contributed by atoms with E-state index in [0.29, 0.717) is 18.0 Å². The number of hydrogen-bond donors (Lipinski definition) is 1. The number of benzene rings is 3. The van der Waals surface area contributed by atoms with Crippen molar-refractivity contribution in [1.82, 2.24) is 4.90 Å². The molecule has 1 atom stereocenters. The maximum absolute atomic E-state index is 13.6. The largest absolute Gasteiger partial charge is 0.492 e. The van der Waals surface area contributed by atoms with E-state index in [-0.39, 0.29) is 11.9 Å². The Hall–Kier alpha value is -3.31. The average molecular weight is 430 g/mol. The number of anilines is 2. The van der Waals surface area contributed by atoms with Crippen LogP contribution in [0.1, 0.15) is 24.1 Å². The number of nitrogens with zero attached hydrogens (tertiary/aromatic N) is 2. The standard InChI is InChI=1S/C27H31N3O2/c1-3-32-25-16-10-8-14-23(25)28-27(31)26(22-12-5-4-6-13-22)30-19-17-29(18-20-30)24-15-9-7-11-21(24)2/h4-16,26H,3,17-20H2,1-2H3,(H,28,31)/t26-/m0/s1. The van der Waals surface area contributed by atoms with Crippen LogP contribution in [0.3, 0.4) is 0 Å². The molecule has 3 aromatic rings. The Labute approximate surface area is 190 Å². The molecule has 166 valence electrons. The van der Waals surface area contributed by atoms with Crippen molar-refractivity contribution in [2.45, 2.75) is 19.9 Å². The van der Waals surface area contributed by atoms with E-state index in [1.54, 1.807) is 0 Å². The summed E-state index contributed by atoms with van der Waals surface area (Å²) >= 11 is 0. The molecule has 1 saturated heterocycles. The van der Waals surface area contributed by atoms with Gasteiger partial charge in [-0.25, -0.2) is 0 Å². The fourth-order valence-corrected chi connectivity index (χ4v) is 4.35. The minimum Gasteiger partial charge on any atom is -0.492 e. The highest BCUT2D eigenvalue weighted by Gasteiger charge is 2.31. The van der Waals surface area contributed by atoms with E-state index in [9.17, 15) is 4.79 Å². The van der Waals surface area contributed by atoms with Crippen LogP contribution in [-0.2, 0) is 4.79 Å². The first-order valence-corrected chi connectivity index (χ1v) is 11.3. The fraction of sp³-hybridized carbons (Fsp3) is 0.296.